The summed E-state index contributed by atoms with van der Waals surface area (Å²) in [4.78, 5) is 18.5. The van der Waals surface area contributed by atoms with Crippen LogP contribution in [-0.4, -0.2) is 33.7 Å². The second-order valence-corrected chi connectivity index (χ2v) is 6.04. The SMILES string of the molecule is O=C(c1ccncc1Cl)N(CCBr)C1CCCCC1. The molecular weight excluding hydrogens is 328 g/mol. The zero-order valence-electron chi connectivity index (χ0n) is 10.8. The fourth-order valence-corrected chi connectivity index (χ4v) is 3.22. The summed E-state index contributed by atoms with van der Waals surface area (Å²) < 4.78 is 0. The first-order valence-electron chi connectivity index (χ1n) is 6.70. The first-order chi connectivity index (χ1) is 9.24. The van der Waals surface area contributed by atoms with E-state index in [0.717, 1.165) is 24.7 Å². The first-order valence-corrected chi connectivity index (χ1v) is 8.20. The molecule has 1 fully saturated rings. The van der Waals surface area contributed by atoms with Crippen LogP contribution in [0.15, 0.2) is 18.5 Å². The van der Waals surface area contributed by atoms with Gasteiger partial charge in [-0.15, -0.1) is 0 Å². The predicted molar refractivity (Wildman–Crippen MR) is 81.0 cm³/mol. The van der Waals surface area contributed by atoms with Crippen molar-refractivity contribution in [2.75, 3.05) is 11.9 Å². The summed E-state index contributed by atoms with van der Waals surface area (Å²) in [5.74, 6) is 0.0266. The molecule has 0 N–H and O–H groups in total. The number of carbonyl (C=O) groups is 1. The third-order valence-electron chi connectivity index (χ3n) is 3.60. The molecule has 2 rings (SSSR count). The minimum Gasteiger partial charge on any atom is -0.335 e. The van der Waals surface area contributed by atoms with Gasteiger partial charge in [-0.2, -0.15) is 0 Å². The lowest BCUT2D eigenvalue weighted by Crippen LogP contribution is -2.42. The van der Waals surface area contributed by atoms with Crippen molar-refractivity contribution in [2.24, 2.45) is 0 Å². The fraction of sp³-hybridized carbons (Fsp3) is 0.571. The fourth-order valence-electron chi connectivity index (χ4n) is 2.64. The number of hydrogen-bond donors (Lipinski definition) is 0. The third kappa shape index (κ3) is 3.69. The Balaban J connectivity index is 2.18. The molecule has 0 saturated heterocycles. The maximum absolute atomic E-state index is 12.6. The molecular formula is C14H18BrClN2O. The van der Waals surface area contributed by atoms with Crippen LogP contribution in [0.4, 0.5) is 0 Å². The summed E-state index contributed by atoms with van der Waals surface area (Å²) in [7, 11) is 0. The lowest BCUT2D eigenvalue weighted by atomic mass is 9.94. The maximum Gasteiger partial charge on any atom is 0.255 e. The quantitative estimate of drug-likeness (QED) is 0.775. The van der Waals surface area contributed by atoms with E-state index in [1.54, 1.807) is 12.3 Å². The van der Waals surface area contributed by atoms with E-state index in [2.05, 4.69) is 20.9 Å². The Bertz CT molecular complexity index is 435. The van der Waals surface area contributed by atoms with Crippen molar-refractivity contribution in [1.29, 1.82) is 0 Å². The molecule has 1 heterocycles. The summed E-state index contributed by atoms with van der Waals surface area (Å²) in [6, 6.07) is 2.05. The van der Waals surface area contributed by atoms with Crippen LogP contribution in [0.25, 0.3) is 0 Å². The van der Waals surface area contributed by atoms with Gasteiger partial charge < -0.3 is 4.90 Å². The molecule has 0 spiro atoms. The first kappa shape index (κ1) is 14.8. The van der Waals surface area contributed by atoms with Gasteiger partial charge >= 0.3 is 0 Å². The largest absolute Gasteiger partial charge is 0.335 e. The Morgan fingerprint density at radius 1 is 1.42 bits per heavy atom. The molecule has 1 amide bonds. The highest BCUT2D eigenvalue weighted by Gasteiger charge is 2.26. The number of nitrogens with zero attached hydrogens (tertiary/aromatic N) is 2. The zero-order chi connectivity index (χ0) is 13.7. The lowest BCUT2D eigenvalue weighted by molar-refractivity contribution is 0.0651. The molecule has 1 aliphatic rings. The molecule has 0 bridgehead atoms. The minimum atomic E-state index is 0.0266. The number of hydrogen-bond acceptors (Lipinski definition) is 2. The molecule has 104 valence electrons. The van der Waals surface area contributed by atoms with Crippen molar-refractivity contribution < 1.29 is 4.79 Å². The van der Waals surface area contributed by atoms with Crippen molar-refractivity contribution in [2.45, 2.75) is 38.1 Å². The van der Waals surface area contributed by atoms with E-state index in [1.165, 1.54) is 25.5 Å². The van der Waals surface area contributed by atoms with Crippen LogP contribution in [0.1, 0.15) is 42.5 Å². The number of rotatable bonds is 4. The van der Waals surface area contributed by atoms with E-state index in [1.807, 2.05) is 4.90 Å². The van der Waals surface area contributed by atoms with Crippen LogP contribution in [0.3, 0.4) is 0 Å². The van der Waals surface area contributed by atoms with Crippen molar-refractivity contribution in [1.82, 2.24) is 9.88 Å². The molecule has 0 aromatic carbocycles. The molecule has 1 aromatic rings. The van der Waals surface area contributed by atoms with Gasteiger partial charge in [0.05, 0.1) is 10.6 Å². The van der Waals surface area contributed by atoms with Crippen LogP contribution >= 0.6 is 27.5 Å². The molecule has 3 nitrogen and oxygen atoms in total. The summed E-state index contributed by atoms with van der Waals surface area (Å²) >= 11 is 9.52. The molecule has 0 atom stereocenters. The van der Waals surface area contributed by atoms with Gasteiger partial charge in [-0.1, -0.05) is 46.8 Å². The highest BCUT2D eigenvalue weighted by atomic mass is 79.9. The average Bonchev–Trinajstić information content (AvgIpc) is 2.45. The van der Waals surface area contributed by atoms with Crippen LogP contribution < -0.4 is 0 Å². The Morgan fingerprint density at radius 2 is 2.16 bits per heavy atom. The highest BCUT2D eigenvalue weighted by molar-refractivity contribution is 9.09. The van der Waals surface area contributed by atoms with Gasteiger partial charge in [0.25, 0.3) is 5.91 Å². The van der Waals surface area contributed by atoms with Gasteiger partial charge in [-0.05, 0) is 18.9 Å². The molecule has 0 aliphatic heterocycles. The van der Waals surface area contributed by atoms with Gasteiger partial charge in [0.15, 0.2) is 0 Å². The monoisotopic (exact) mass is 344 g/mol. The van der Waals surface area contributed by atoms with E-state index in [4.69, 9.17) is 11.6 Å². The summed E-state index contributed by atoms with van der Waals surface area (Å²) in [5.41, 5.74) is 0.559. The summed E-state index contributed by atoms with van der Waals surface area (Å²) in [6.45, 7) is 0.724. The van der Waals surface area contributed by atoms with E-state index < -0.39 is 0 Å². The van der Waals surface area contributed by atoms with E-state index in [0.29, 0.717) is 16.6 Å². The molecule has 1 aliphatic carbocycles. The van der Waals surface area contributed by atoms with E-state index in [-0.39, 0.29) is 5.91 Å². The molecule has 1 aromatic heterocycles. The predicted octanol–water partition coefficient (Wildman–Crippen LogP) is 3.90. The van der Waals surface area contributed by atoms with Gasteiger partial charge in [-0.3, -0.25) is 9.78 Å². The van der Waals surface area contributed by atoms with Gasteiger partial charge in [0.2, 0.25) is 0 Å². The second-order valence-electron chi connectivity index (χ2n) is 4.83. The third-order valence-corrected chi connectivity index (χ3v) is 4.26. The average molecular weight is 346 g/mol. The lowest BCUT2D eigenvalue weighted by Gasteiger charge is -2.34. The number of amides is 1. The summed E-state index contributed by atoms with van der Waals surface area (Å²) in [5, 5.41) is 1.22. The Kier molecular flexibility index (Phi) is 5.64. The molecule has 1 saturated carbocycles. The molecule has 0 unspecified atom stereocenters. The normalized spacial score (nSPS) is 16.3. The maximum atomic E-state index is 12.6. The molecule has 19 heavy (non-hydrogen) atoms. The van der Waals surface area contributed by atoms with Gasteiger partial charge in [0.1, 0.15) is 0 Å². The van der Waals surface area contributed by atoms with Gasteiger partial charge in [0, 0.05) is 30.3 Å². The number of carbonyl (C=O) groups excluding carboxylic acids is 1. The number of aromatic nitrogens is 1. The number of halogens is 2. The van der Waals surface area contributed by atoms with Crippen LogP contribution in [0.2, 0.25) is 5.02 Å². The summed E-state index contributed by atoms with van der Waals surface area (Å²) in [6.07, 6.45) is 9.04. The van der Waals surface area contributed by atoms with Crippen molar-refractivity contribution in [3.05, 3.63) is 29.0 Å². The van der Waals surface area contributed by atoms with Crippen molar-refractivity contribution in [3.63, 3.8) is 0 Å². The van der Waals surface area contributed by atoms with Crippen LogP contribution in [-0.2, 0) is 0 Å². The van der Waals surface area contributed by atoms with E-state index >= 15 is 0 Å². The highest BCUT2D eigenvalue weighted by Crippen LogP contribution is 2.25. The molecule has 5 heteroatoms. The standard InChI is InChI=1S/C14H18BrClN2O/c15-7-9-18(11-4-2-1-3-5-11)14(19)12-6-8-17-10-13(12)16/h6,8,10-11H,1-5,7,9H2. The van der Waals surface area contributed by atoms with Gasteiger partial charge in [-0.25, -0.2) is 0 Å². The Labute approximate surface area is 127 Å². The zero-order valence-corrected chi connectivity index (χ0v) is 13.2. The number of pyridine rings is 1. The number of alkyl halides is 1. The topological polar surface area (TPSA) is 33.2 Å². The second kappa shape index (κ2) is 7.25. The molecule has 0 radical (unpaired) electrons. The minimum absolute atomic E-state index is 0.0266. The van der Waals surface area contributed by atoms with Crippen molar-refractivity contribution in [3.8, 4) is 0 Å². The Hall–Kier alpha value is -0.610. The van der Waals surface area contributed by atoms with Crippen LogP contribution in [0.5, 0.6) is 0 Å². The van der Waals surface area contributed by atoms with Crippen molar-refractivity contribution >= 4 is 33.4 Å². The Morgan fingerprint density at radius 3 is 2.79 bits per heavy atom. The smallest absolute Gasteiger partial charge is 0.255 e. The van der Waals surface area contributed by atoms with E-state index in [9.17, 15) is 4.79 Å². The van der Waals surface area contributed by atoms with Crippen LogP contribution in [0, 0.1) is 0 Å².